The molecule has 0 amide bonds. The third kappa shape index (κ3) is 2.37. The van der Waals surface area contributed by atoms with E-state index in [1.54, 1.807) is 6.07 Å². The van der Waals surface area contributed by atoms with Crippen LogP contribution in [0.1, 0.15) is 25.8 Å². The van der Waals surface area contributed by atoms with Gasteiger partial charge in [0, 0.05) is 10.2 Å². The molecule has 0 radical (unpaired) electrons. The molecular formula is C13H14BrF3O. The van der Waals surface area contributed by atoms with Gasteiger partial charge in [0.25, 0.3) is 0 Å². The number of hydrogen-bond donors (Lipinski definition) is 0. The number of ether oxygens (including phenoxy) is 1. The van der Waals surface area contributed by atoms with Crippen LogP contribution in [0.3, 0.4) is 0 Å². The van der Waals surface area contributed by atoms with E-state index in [9.17, 15) is 13.2 Å². The molecule has 1 fully saturated rings. The van der Waals surface area contributed by atoms with Gasteiger partial charge in [-0.15, -0.1) is 0 Å². The number of alkyl halides is 4. The van der Waals surface area contributed by atoms with E-state index < -0.39 is 11.7 Å². The summed E-state index contributed by atoms with van der Waals surface area (Å²) in [7, 11) is 0. The van der Waals surface area contributed by atoms with Crippen molar-refractivity contribution < 1.29 is 17.9 Å². The van der Waals surface area contributed by atoms with Crippen molar-refractivity contribution in [3.05, 3.63) is 29.8 Å². The number of halogens is 4. The van der Waals surface area contributed by atoms with Gasteiger partial charge in [0.2, 0.25) is 0 Å². The van der Waals surface area contributed by atoms with Gasteiger partial charge in [-0.05, 0) is 18.6 Å². The largest absolute Gasteiger partial charge is 0.489 e. The van der Waals surface area contributed by atoms with E-state index in [0.29, 0.717) is 0 Å². The molecule has 1 aliphatic rings. The van der Waals surface area contributed by atoms with E-state index in [-0.39, 0.29) is 22.1 Å². The van der Waals surface area contributed by atoms with Crippen molar-refractivity contribution >= 4 is 15.9 Å². The van der Waals surface area contributed by atoms with E-state index >= 15 is 0 Å². The van der Waals surface area contributed by atoms with Gasteiger partial charge in [-0.25, -0.2) is 0 Å². The second-order valence-electron chi connectivity index (χ2n) is 5.13. The maximum Gasteiger partial charge on any atom is 0.419 e. The minimum Gasteiger partial charge on any atom is -0.489 e. The Morgan fingerprint density at radius 3 is 2.39 bits per heavy atom. The summed E-state index contributed by atoms with van der Waals surface area (Å²) in [5, 5.41) is 0. The number of benzene rings is 1. The molecule has 1 aliphatic carbocycles. The van der Waals surface area contributed by atoms with Crippen molar-refractivity contribution in [2.75, 3.05) is 0 Å². The van der Waals surface area contributed by atoms with Crippen molar-refractivity contribution in [2.45, 2.75) is 37.4 Å². The molecule has 5 heteroatoms. The molecule has 1 nitrogen and oxygen atoms in total. The predicted molar refractivity (Wildman–Crippen MR) is 67.0 cm³/mol. The molecule has 18 heavy (non-hydrogen) atoms. The Hall–Kier alpha value is -0.710. The van der Waals surface area contributed by atoms with Crippen LogP contribution in [0.15, 0.2) is 24.3 Å². The van der Waals surface area contributed by atoms with E-state index in [4.69, 9.17) is 4.74 Å². The molecule has 1 saturated carbocycles. The van der Waals surface area contributed by atoms with Crippen LogP contribution >= 0.6 is 15.9 Å². The van der Waals surface area contributed by atoms with Crippen LogP contribution < -0.4 is 4.74 Å². The highest BCUT2D eigenvalue weighted by molar-refractivity contribution is 9.09. The molecule has 0 heterocycles. The number of rotatable bonds is 2. The molecule has 0 aromatic heterocycles. The summed E-state index contributed by atoms with van der Waals surface area (Å²) in [5.74, 6) is -0.0810. The van der Waals surface area contributed by atoms with E-state index in [1.165, 1.54) is 12.1 Å². The molecular weight excluding hydrogens is 309 g/mol. The highest BCUT2D eigenvalue weighted by Gasteiger charge is 2.49. The Kier molecular flexibility index (Phi) is 3.38. The number of hydrogen-bond acceptors (Lipinski definition) is 1. The summed E-state index contributed by atoms with van der Waals surface area (Å²) in [6.07, 6.45) is -3.84. The fraction of sp³-hybridized carbons (Fsp3) is 0.538. The lowest BCUT2D eigenvalue weighted by Crippen LogP contribution is -2.53. The normalized spacial score (nSPS) is 26.6. The van der Waals surface area contributed by atoms with Crippen LogP contribution in [-0.4, -0.2) is 10.9 Å². The summed E-state index contributed by atoms with van der Waals surface area (Å²) in [5.41, 5.74) is -0.863. The molecule has 100 valence electrons. The van der Waals surface area contributed by atoms with Gasteiger partial charge in [0.1, 0.15) is 11.9 Å². The average molecular weight is 323 g/mol. The summed E-state index contributed by atoms with van der Waals surface area (Å²) < 4.78 is 43.9. The van der Waals surface area contributed by atoms with E-state index in [0.717, 1.165) is 12.5 Å². The lowest BCUT2D eigenvalue weighted by molar-refractivity contribution is -0.140. The highest BCUT2D eigenvalue weighted by atomic mass is 79.9. The topological polar surface area (TPSA) is 9.23 Å². The molecule has 0 N–H and O–H groups in total. The van der Waals surface area contributed by atoms with Crippen molar-refractivity contribution in [1.29, 1.82) is 0 Å². The lowest BCUT2D eigenvalue weighted by atomic mass is 9.69. The second-order valence-corrected chi connectivity index (χ2v) is 6.23. The van der Waals surface area contributed by atoms with Crippen molar-refractivity contribution in [2.24, 2.45) is 5.41 Å². The van der Waals surface area contributed by atoms with Crippen LogP contribution in [0.2, 0.25) is 0 Å². The zero-order valence-electron chi connectivity index (χ0n) is 10.1. The van der Waals surface area contributed by atoms with Gasteiger partial charge >= 0.3 is 6.18 Å². The maximum atomic E-state index is 12.8. The summed E-state index contributed by atoms with van der Waals surface area (Å²) in [6.45, 7) is 3.97. The first-order chi connectivity index (χ1) is 8.23. The van der Waals surface area contributed by atoms with Gasteiger partial charge in [-0.1, -0.05) is 41.9 Å². The van der Waals surface area contributed by atoms with Crippen molar-refractivity contribution in [3.8, 4) is 5.75 Å². The molecule has 2 atom stereocenters. The zero-order chi connectivity index (χ0) is 13.6. The van der Waals surface area contributed by atoms with E-state index in [2.05, 4.69) is 15.9 Å². The predicted octanol–water partition coefficient (Wildman–Crippen LogP) is 4.65. The first-order valence-electron chi connectivity index (χ1n) is 5.70. The van der Waals surface area contributed by atoms with Crippen LogP contribution in [-0.2, 0) is 6.18 Å². The Balaban J connectivity index is 2.21. The maximum absolute atomic E-state index is 12.8. The molecule has 1 aromatic rings. The first kappa shape index (κ1) is 13.7. The molecule has 2 rings (SSSR count). The van der Waals surface area contributed by atoms with Gasteiger partial charge in [0.05, 0.1) is 5.56 Å². The lowest BCUT2D eigenvalue weighted by Gasteiger charge is -2.48. The van der Waals surface area contributed by atoms with Gasteiger partial charge in [0.15, 0.2) is 0 Å². The first-order valence-corrected chi connectivity index (χ1v) is 6.61. The second kappa shape index (κ2) is 4.44. The molecule has 0 bridgehead atoms. The zero-order valence-corrected chi connectivity index (χ0v) is 11.7. The Bertz CT molecular complexity index is 442. The third-order valence-corrected chi connectivity index (χ3v) is 5.07. The van der Waals surface area contributed by atoms with Gasteiger partial charge in [-0.3, -0.25) is 0 Å². The summed E-state index contributed by atoms with van der Waals surface area (Å²) in [4.78, 5) is 0.285. The SMILES string of the molecule is CC1(C)C(Br)CC1Oc1ccccc1C(F)(F)F. The number of para-hydroxylation sites is 1. The molecule has 1 aromatic carbocycles. The summed E-state index contributed by atoms with van der Waals surface area (Å²) in [6, 6.07) is 5.35. The quantitative estimate of drug-likeness (QED) is 0.720. The van der Waals surface area contributed by atoms with Crippen molar-refractivity contribution in [1.82, 2.24) is 0 Å². The Morgan fingerprint density at radius 1 is 1.28 bits per heavy atom. The standard InChI is InChI=1S/C13H14BrF3O/c1-12(2)10(14)7-11(12)18-9-6-4-3-5-8(9)13(15,16)17/h3-6,10-11H,7H2,1-2H3. The minimum absolute atomic E-state index is 0.0810. The molecule has 0 saturated heterocycles. The van der Waals surface area contributed by atoms with Crippen LogP contribution in [0.25, 0.3) is 0 Å². The molecule has 0 aliphatic heterocycles. The minimum atomic E-state index is -4.38. The Morgan fingerprint density at radius 2 is 1.89 bits per heavy atom. The van der Waals surface area contributed by atoms with Crippen molar-refractivity contribution in [3.63, 3.8) is 0 Å². The summed E-state index contributed by atoms with van der Waals surface area (Å²) >= 11 is 3.49. The van der Waals surface area contributed by atoms with E-state index in [1.807, 2.05) is 13.8 Å². The highest BCUT2D eigenvalue weighted by Crippen LogP contribution is 2.48. The van der Waals surface area contributed by atoms with Crippen LogP contribution in [0, 0.1) is 5.41 Å². The van der Waals surface area contributed by atoms with Gasteiger partial charge < -0.3 is 4.74 Å². The van der Waals surface area contributed by atoms with Gasteiger partial charge in [-0.2, -0.15) is 13.2 Å². The van der Waals surface area contributed by atoms with Crippen LogP contribution in [0.5, 0.6) is 5.75 Å². The monoisotopic (exact) mass is 322 g/mol. The third-order valence-electron chi connectivity index (χ3n) is 3.52. The fourth-order valence-electron chi connectivity index (χ4n) is 1.99. The molecule has 0 spiro atoms. The smallest absolute Gasteiger partial charge is 0.419 e. The van der Waals surface area contributed by atoms with Crippen LogP contribution in [0.4, 0.5) is 13.2 Å². The molecule has 2 unspecified atom stereocenters. The average Bonchev–Trinajstić information content (AvgIpc) is 2.28. The fourth-order valence-corrected chi connectivity index (χ4v) is 2.63. The Labute approximate surface area is 112 Å².